The summed E-state index contributed by atoms with van der Waals surface area (Å²) in [5, 5.41) is 0. The van der Waals surface area contributed by atoms with Crippen LogP contribution in [0.1, 0.15) is 11.7 Å². The lowest BCUT2D eigenvalue weighted by atomic mass is 10.1. The van der Waals surface area contributed by atoms with E-state index in [1.165, 1.54) is 0 Å². The van der Waals surface area contributed by atoms with E-state index in [4.69, 9.17) is 4.89 Å². The Labute approximate surface area is 75.0 Å². The molecule has 0 bridgehead atoms. The average Bonchev–Trinajstić information content (AvgIpc) is 2.20. The summed E-state index contributed by atoms with van der Waals surface area (Å²) in [5.41, 5.74) is 0.926. The van der Waals surface area contributed by atoms with E-state index in [1.54, 1.807) is 0 Å². The van der Waals surface area contributed by atoms with Gasteiger partial charge in [-0.15, -0.1) is 0 Å². The minimum absolute atomic E-state index is 0.197. The zero-order valence-electron chi connectivity index (χ0n) is 6.80. The van der Waals surface area contributed by atoms with Gasteiger partial charge in [0.05, 0.1) is 0 Å². The van der Waals surface area contributed by atoms with Crippen molar-refractivity contribution in [2.75, 3.05) is 6.61 Å². The van der Waals surface area contributed by atoms with E-state index in [1.807, 2.05) is 30.3 Å². The fourth-order valence-corrected chi connectivity index (χ4v) is 1.11. The first-order valence-electron chi connectivity index (χ1n) is 3.91. The van der Waals surface area contributed by atoms with Gasteiger partial charge in [0.1, 0.15) is 6.61 Å². The topological polar surface area (TPSA) is 44.8 Å². The molecule has 0 unspecified atom stereocenters. The third kappa shape index (κ3) is 1.78. The second kappa shape index (κ2) is 3.45. The van der Waals surface area contributed by atoms with Crippen molar-refractivity contribution in [1.29, 1.82) is 0 Å². The third-order valence-corrected chi connectivity index (χ3v) is 1.76. The first-order chi connectivity index (χ1) is 6.36. The predicted molar refractivity (Wildman–Crippen MR) is 42.7 cm³/mol. The van der Waals surface area contributed by atoms with Crippen LogP contribution < -0.4 is 0 Å². The van der Waals surface area contributed by atoms with Gasteiger partial charge in [-0.2, -0.15) is 4.89 Å². The van der Waals surface area contributed by atoms with E-state index in [0.717, 1.165) is 5.56 Å². The fourth-order valence-electron chi connectivity index (χ4n) is 1.11. The number of benzene rings is 1. The molecule has 0 spiro atoms. The van der Waals surface area contributed by atoms with Crippen molar-refractivity contribution in [2.24, 2.45) is 0 Å². The van der Waals surface area contributed by atoms with Gasteiger partial charge in [-0.3, -0.25) is 4.89 Å². The second-order valence-corrected chi connectivity index (χ2v) is 2.64. The highest BCUT2D eigenvalue weighted by Crippen LogP contribution is 2.21. The van der Waals surface area contributed by atoms with Crippen LogP contribution in [0.15, 0.2) is 30.3 Å². The summed E-state index contributed by atoms with van der Waals surface area (Å²) < 4.78 is 4.66. The zero-order chi connectivity index (χ0) is 9.10. The molecule has 0 aliphatic carbocycles. The van der Waals surface area contributed by atoms with Gasteiger partial charge in [-0.25, -0.2) is 4.79 Å². The number of rotatable bonds is 1. The Hall–Kier alpha value is -1.55. The van der Waals surface area contributed by atoms with E-state index in [2.05, 4.69) is 9.62 Å². The Morgan fingerprint density at radius 3 is 2.62 bits per heavy atom. The van der Waals surface area contributed by atoms with Crippen molar-refractivity contribution < 1.29 is 19.3 Å². The minimum Gasteiger partial charge on any atom is -0.429 e. The van der Waals surface area contributed by atoms with E-state index in [-0.39, 0.29) is 12.7 Å². The monoisotopic (exact) mass is 180 g/mol. The zero-order valence-corrected chi connectivity index (χ0v) is 6.80. The lowest BCUT2D eigenvalue weighted by molar-refractivity contribution is -0.323. The SMILES string of the molecule is O=C1OC[C@H](c2ccccc2)OO1. The van der Waals surface area contributed by atoms with Gasteiger partial charge in [0.25, 0.3) is 0 Å². The summed E-state index contributed by atoms with van der Waals surface area (Å²) in [7, 11) is 0. The summed E-state index contributed by atoms with van der Waals surface area (Å²) in [5.74, 6) is 0. The molecule has 0 radical (unpaired) electrons. The van der Waals surface area contributed by atoms with Crippen LogP contribution in [-0.2, 0) is 14.5 Å². The molecular formula is C9H8O4. The van der Waals surface area contributed by atoms with Crippen LogP contribution in [-0.4, -0.2) is 12.8 Å². The largest absolute Gasteiger partial charge is 0.540 e. The number of carbonyl (C=O) groups is 1. The van der Waals surface area contributed by atoms with Gasteiger partial charge in [-0.05, 0) is 5.56 Å². The lowest BCUT2D eigenvalue weighted by Crippen LogP contribution is -2.23. The van der Waals surface area contributed by atoms with Gasteiger partial charge < -0.3 is 4.74 Å². The summed E-state index contributed by atoms with van der Waals surface area (Å²) >= 11 is 0. The average molecular weight is 180 g/mol. The van der Waals surface area contributed by atoms with Gasteiger partial charge in [0.15, 0.2) is 6.10 Å². The van der Waals surface area contributed by atoms with Crippen molar-refractivity contribution in [1.82, 2.24) is 0 Å². The van der Waals surface area contributed by atoms with Crippen molar-refractivity contribution in [3.8, 4) is 0 Å². The number of carbonyl (C=O) groups excluding carboxylic acids is 1. The van der Waals surface area contributed by atoms with E-state index in [0.29, 0.717) is 0 Å². The molecule has 2 rings (SSSR count). The van der Waals surface area contributed by atoms with Gasteiger partial charge in [-0.1, -0.05) is 30.3 Å². The Morgan fingerprint density at radius 1 is 1.23 bits per heavy atom. The van der Waals surface area contributed by atoms with Gasteiger partial charge >= 0.3 is 6.16 Å². The summed E-state index contributed by atoms with van der Waals surface area (Å²) in [6.07, 6.45) is -1.11. The molecule has 1 aromatic carbocycles. The third-order valence-electron chi connectivity index (χ3n) is 1.76. The molecule has 1 fully saturated rings. The molecule has 0 amide bonds. The molecule has 1 heterocycles. The highest BCUT2D eigenvalue weighted by Gasteiger charge is 2.23. The minimum atomic E-state index is -0.785. The van der Waals surface area contributed by atoms with Gasteiger partial charge in [0.2, 0.25) is 0 Å². The highest BCUT2D eigenvalue weighted by molar-refractivity contribution is 5.59. The van der Waals surface area contributed by atoms with E-state index < -0.39 is 6.16 Å². The number of cyclic esters (lactones) is 1. The summed E-state index contributed by atoms with van der Waals surface area (Å²) in [6, 6.07) is 9.43. The highest BCUT2D eigenvalue weighted by atomic mass is 17.2. The van der Waals surface area contributed by atoms with Crippen LogP contribution in [0.3, 0.4) is 0 Å². The van der Waals surface area contributed by atoms with Crippen molar-refractivity contribution in [2.45, 2.75) is 6.10 Å². The molecule has 1 saturated heterocycles. The quantitative estimate of drug-likeness (QED) is 0.488. The molecule has 1 aromatic rings. The first-order valence-corrected chi connectivity index (χ1v) is 3.91. The molecule has 13 heavy (non-hydrogen) atoms. The lowest BCUT2D eigenvalue weighted by Gasteiger charge is -2.20. The molecule has 1 aliphatic heterocycles. The molecule has 1 aliphatic rings. The Kier molecular flexibility index (Phi) is 2.14. The predicted octanol–water partition coefficient (Wildman–Crippen LogP) is 1.83. The van der Waals surface area contributed by atoms with E-state index in [9.17, 15) is 4.79 Å². The summed E-state index contributed by atoms with van der Waals surface area (Å²) in [4.78, 5) is 19.6. The number of ether oxygens (including phenoxy) is 1. The van der Waals surface area contributed by atoms with Crippen molar-refractivity contribution in [3.05, 3.63) is 35.9 Å². The van der Waals surface area contributed by atoms with Crippen LogP contribution in [0.5, 0.6) is 0 Å². The Balaban J connectivity index is 2.07. The first kappa shape index (κ1) is 8.07. The van der Waals surface area contributed by atoms with E-state index >= 15 is 0 Å². The second-order valence-electron chi connectivity index (χ2n) is 2.64. The molecule has 68 valence electrons. The van der Waals surface area contributed by atoms with Crippen LogP contribution in [0.4, 0.5) is 4.79 Å². The number of hydrogen-bond acceptors (Lipinski definition) is 4. The normalized spacial score (nSPS) is 21.8. The molecule has 1 atom stereocenters. The standard InChI is InChI=1S/C9H8O4/c10-9-11-6-8(12-13-9)7-4-2-1-3-5-7/h1-5,8H,6H2/t8-/m1/s1. The maximum absolute atomic E-state index is 10.5. The molecule has 0 saturated carbocycles. The maximum atomic E-state index is 10.5. The van der Waals surface area contributed by atoms with Crippen LogP contribution >= 0.6 is 0 Å². The summed E-state index contributed by atoms with van der Waals surface area (Å²) in [6.45, 7) is 0.197. The maximum Gasteiger partial charge on any atom is 0.540 e. The fraction of sp³-hybridized carbons (Fsp3) is 0.222. The van der Waals surface area contributed by atoms with Crippen molar-refractivity contribution >= 4 is 6.16 Å². The molecule has 0 N–H and O–H groups in total. The number of hydrogen-bond donors (Lipinski definition) is 0. The van der Waals surface area contributed by atoms with Crippen LogP contribution in [0, 0.1) is 0 Å². The molecule has 4 nitrogen and oxygen atoms in total. The van der Waals surface area contributed by atoms with Gasteiger partial charge in [0, 0.05) is 0 Å². The Bertz CT molecular complexity index is 286. The van der Waals surface area contributed by atoms with Crippen LogP contribution in [0.2, 0.25) is 0 Å². The van der Waals surface area contributed by atoms with Crippen LogP contribution in [0.25, 0.3) is 0 Å². The molecule has 0 aromatic heterocycles. The Morgan fingerprint density at radius 2 is 2.00 bits per heavy atom. The van der Waals surface area contributed by atoms with Crippen molar-refractivity contribution in [3.63, 3.8) is 0 Å². The smallest absolute Gasteiger partial charge is 0.429 e. The molecular weight excluding hydrogens is 172 g/mol. The molecule has 4 heteroatoms.